The fraction of sp³-hybridized carbons (Fsp3) is 0.438. The monoisotopic (exact) mass is 316 g/mol. The van der Waals surface area contributed by atoms with Gasteiger partial charge in [0.25, 0.3) is 5.91 Å². The lowest BCUT2D eigenvalue weighted by atomic mass is 9.94. The number of benzene rings is 1. The first-order valence-electron chi connectivity index (χ1n) is 7.78. The third kappa shape index (κ3) is 4.70. The highest BCUT2D eigenvalue weighted by Gasteiger charge is 2.23. The summed E-state index contributed by atoms with van der Waals surface area (Å²) in [6, 6.07) is 7.29. The highest BCUT2D eigenvalue weighted by Crippen LogP contribution is 2.23. The second-order valence-corrected chi connectivity index (χ2v) is 5.76. The van der Waals surface area contributed by atoms with Crippen LogP contribution in [-0.2, 0) is 0 Å². The number of hydrogen-bond acceptors (Lipinski definition) is 2. The summed E-state index contributed by atoms with van der Waals surface area (Å²) in [6.07, 6.45) is 5.76. The third-order valence-electron chi connectivity index (χ3n) is 4.02. The Morgan fingerprint density at radius 2 is 1.87 bits per heavy atom. The average molecular weight is 316 g/mol. The summed E-state index contributed by atoms with van der Waals surface area (Å²) in [7, 11) is 1.86. The van der Waals surface area contributed by atoms with Crippen molar-refractivity contribution in [1.29, 1.82) is 0 Å². The number of guanidine groups is 2. The van der Waals surface area contributed by atoms with Gasteiger partial charge in [-0.2, -0.15) is 4.99 Å². The number of carbonyl (C=O) groups is 1. The van der Waals surface area contributed by atoms with Crippen LogP contribution in [0.2, 0.25) is 0 Å². The molecule has 0 saturated heterocycles. The molecular weight excluding hydrogens is 292 g/mol. The molecule has 1 aromatic carbocycles. The first-order valence-corrected chi connectivity index (χ1v) is 7.78. The molecule has 1 fully saturated rings. The Morgan fingerprint density at radius 3 is 2.52 bits per heavy atom. The average Bonchev–Trinajstić information content (AvgIpc) is 2.53. The zero-order valence-corrected chi connectivity index (χ0v) is 13.4. The molecule has 0 atom stereocenters. The minimum absolute atomic E-state index is 0.00522. The van der Waals surface area contributed by atoms with E-state index in [4.69, 9.17) is 17.2 Å². The fourth-order valence-electron chi connectivity index (χ4n) is 2.84. The molecule has 6 N–H and O–H groups in total. The van der Waals surface area contributed by atoms with E-state index in [2.05, 4.69) is 9.98 Å². The Kier molecular flexibility index (Phi) is 5.56. The molecule has 0 unspecified atom stereocenters. The van der Waals surface area contributed by atoms with Crippen LogP contribution < -0.4 is 17.2 Å². The van der Waals surface area contributed by atoms with Gasteiger partial charge in [-0.15, -0.1) is 0 Å². The molecule has 0 radical (unpaired) electrons. The SMILES string of the molecule is CN(C(=O)c1cccc(N=C(N)N=C(N)N)c1)C1CCCCC1. The predicted octanol–water partition coefficient (Wildman–Crippen LogP) is 1.31. The van der Waals surface area contributed by atoms with E-state index >= 15 is 0 Å². The highest BCUT2D eigenvalue weighted by atomic mass is 16.2. The Hall–Kier alpha value is -2.57. The standard InChI is InChI=1S/C16H24N6O/c1-22(13-8-3-2-4-9-13)14(23)11-6-5-7-12(10-11)20-16(19)21-15(17)18/h5-7,10,13H,2-4,8-9H2,1H3,(H6,17,18,19,20,21). The summed E-state index contributed by atoms with van der Waals surface area (Å²) in [4.78, 5) is 22.2. The van der Waals surface area contributed by atoms with E-state index in [1.807, 2.05) is 11.9 Å². The van der Waals surface area contributed by atoms with Gasteiger partial charge >= 0.3 is 0 Å². The van der Waals surface area contributed by atoms with E-state index < -0.39 is 0 Å². The van der Waals surface area contributed by atoms with Gasteiger partial charge in [0, 0.05) is 18.7 Å². The lowest BCUT2D eigenvalue weighted by molar-refractivity contribution is 0.0696. The maximum atomic E-state index is 12.6. The normalized spacial score (nSPS) is 16.0. The molecule has 1 aliphatic rings. The van der Waals surface area contributed by atoms with Gasteiger partial charge in [0.15, 0.2) is 5.96 Å². The molecular formula is C16H24N6O. The van der Waals surface area contributed by atoms with Crippen LogP contribution in [-0.4, -0.2) is 35.8 Å². The molecule has 1 aromatic rings. The van der Waals surface area contributed by atoms with Crippen LogP contribution in [0, 0.1) is 0 Å². The van der Waals surface area contributed by atoms with Gasteiger partial charge in [-0.3, -0.25) is 4.79 Å². The second-order valence-electron chi connectivity index (χ2n) is 5.76. The molecule has 124 valence electrons. The quantitative estimate of drug-likeness (QED) is 0.574. The third-order valence-corrected chi connectivity index (χ3v) is 4.02. The minimum atomic E-state index is -0.157. The molecule has 0 aliphatic heterocycles. The van der Waals surface area contributed by atoms with Gasteiger partial charge in [0.1, 0.15) is 0 Å². The van der Waals surface area contributed by atoms with Gasteiger partial charge in [-0.1, -0.05) is 25.3 Å². The molecule has 7 heteroatoms. The van der Waals surface area contributed by atoms with E-state index in [1.165, 1.54) is 19.3 Å². The van der Waals surface area contributed by atoms with Crippen molar-refractivity contribution >= 4 is 23.5 Å². The highest BCUT2D eigenvalue weighted by molar-refractivity contribution is 5.96. The van der Waals surface area contributed by atoms with Crippen LogP contribution in [0.15, 0.2) is 34.3 Å². The molecule has 1 saturated carbocycles. The number of amides is 1. The van der Waals surface area contributed by atoms with Gasteiger partial charge in [-0.25, -0.2) is 4.99 Å². The fourth-order valence-corrected chi connectivity index (χ4v) is 2.84. The maximum Gasteiger partial charge on any atom is 0.253 e. The van der Waals surface area contributed by atoms with Crippen LogP contribution in [0.5, 0.6) is 0 Å². The first kappa shape index (κ1) is 16.8. The van der Waals surface area contributed by atoms with Crippen LogP contribution in [0.25, 0.3) is 0 Å². The number of nitrogens with zero attached hydrogens (tertiary/aromatic N) is 3. The number of nitrogens with two attached hydrogens (primary N) is 3. The number of rotatable bonds is 3. The zero-order chi connectivity index (χ0) is 16.8. The van der Waals surface area contributed by atoms with Crippen molar-refractivity contribution in [2.24, 2.45) is 27.2 Å². The van der Waals surface area contributed by atoms with Crippen LogP contribution in [0.4, 0.5) is 5.69 Å². The van der Waals surface area contributed by atoms with Crippen LogP contribution in [0.3, 0.4) is 0 Å². The maximum absolute atomic E-state index is 12.6. The van der Waals surface area contributed by atoms with Gasteiger partial charge in [0.05, 0.1) is 5.69 Å². The van der Waals surface area contributed by atoms with Gasteiger partial charge < -0.3 is 22.1 Å². The van der Waals surface area contributed by atoms with E-state index in [9.17, 15) is 4.79 Å². The molecule has 1 amide bonds. The summed E-state index contributed by atoms with van der Waals surface area (Å²) in [5.74, 6) is -0.208. The predicted molar refractivity (Wildman–Crippen MR) is 92.5 cm³/mol. The van der Waals surface area contributed by atoms with E-state index in [-0.39, 0.29) is 17.8 Å². The number of hydrogen-bond donors (Lipinski definition) is 3. The van der Waals surface area contributed by atoms with E-state index in [0.717, 1.165) is 12.8 Å². The number of carbonyl (C=O) groups excluding carboxylic acids is 1. The topological polar surface area (TPSA) is 123 Å². The largest absolute Gasteiger partial charge is 0.370 e. The Bertz CT molecular complexity index is 615. The first-order chi connectivity index (χ1) is 11.0. The molecule has 0 aromatic heterocycles. The van der Waals surface area contributed by atoms with E-state index in [0.29, 0.717) is 17.3 Å². The van der Waals surface area contributed by atoms with Crippen molar-refractivity contribution in [3.8, 4) is 0 Å². The van der Waals surface area contributed by atoms with Crippen molar-refractivity contribution in [3.05, 3.63) is 29.8 Å². The number of aliphatic imine (C=N–C) groups is 2. The van der Waals surface area contributed by atoms with Gasteiger partial charge in [0.2, 0.25) is 5.96 Å². The van der Waals surface area contributed by atoms with Crippen LogP contribution in [0.1, 0.15) is 42.5 Å². The Balaban J connectivity index is 2.15. The lowest BCUT2D eigenvalue weighted by Crippen LogP contribution is -2.38. The molecule has 1 aliphatic carbocycles. The minimum Gasteiger partial charge on any atom is -0.370 e. The smallest absolute Gasteiger partial charge is 0.253 e. The van der Waals surface area contributed by atoms with Crippen molar-refractivity contribution in [3.63, 3.8) is 0 Å². The van der Waals surface area contributed by atoms with Crippen molar-refractivity contribution in [1.82, 2.24) is 4.90 Å². The Morgan fingerprint density at radius 1 is 1.17 bits per heavy atom. The molecule has 2 rings (SSSR count). The van der Waals surface area contributed by atoms with Gasteiger partial charge in [-0.05, 0) is 31.0 Å². The van der Waals surface area contributed by atoms with Crippen molar-refractivity contribution in [2.75, 3.05) is 7.05 Å². The lowest BCUT2D eigenvalue weighted by Gasteiger charge is -2.31. The second kappa shape index (κ2) is 7.62. The summed E-state index contributed by atoms with van der Waals surface area (Å²) < 4.78 is 0. The van der Waals surface area contributed by atoms with Crippen LogP contribution >= 0.6 is 0 Å². The summed E-state index contributed by atoms with van der Waals surface area (Å²) in [5, 5.41) is 0. The molecule has 0 bridgehead atoms. The molecule has 23 heavy (non-hydrogen) atoms. The summed E-state index contributed by atoms with van der Waals surface area (Å²) >= 11 is 0. The molecule has 0 spiro atoms. The van der Waals surface area contributed by atoms with E-state index in [1.54, 1.807) is 24.3 Å². The summed E-state index contributed by atoms with van der Waals surface area (Å²) in [6.45, 7) is 0. The molecule has 7 nitrogen and oxygen atoms in total. The van der Waals surface area contributed by atoms with Crippen molar-refractivity contribution < 1.29 is 4.79 Å². The Labute approximate surface area is 136 Å². The van der Waals surface area contributed by atoms with Crippen molar-refractivity contribution in [2.45, 2.75) is 38.1 Å². The zero-order valence-electron chi connectivity index (χ0n) is 13.4. The molecule has 0 heterocycles. The summed E-state index contributed by atoms with van der Waals surface area (Å²) in [5.41, 5.74) is 17.2.